The SMILES string of the molecule is COc1ccccc1NCCC(=O)Nc1ccc(NC(C)=O)cc1. The number of ether oxygens (including phenoxy) is 1. The third kappa shape index (κ3) is 5.31. The number of carbonyl (C=O) groups is 2. The molecule has 0 fully saturated rings. The van der Waals surface area contributed by atoms with Crippen LogP contribution in [0.15, 0.2) is 48.5 Å². The highest BCUT2D eigenvalue weighted by atomic mass is 16.5. The Morgan fingerprint density at radius 3 is 2.21 bits per heavy atom. The fourth-order valence-electron chi connectivity index (χ4n) is 2.17. The highest BCUT2D eigenvalue weighted by Gasteiger charge is 2.05. The highest BCUT2D eigenvalue weighted by molar-refractivity contribution is 5.92. The monoisotopic (exact) mass is 327 g/mol. The molecule has 0 saturated carbocycles. The Morgan fingerprint density at radius 2 is 1.58 bits per heavy atom. The van der Waals surface area contributed by atoms with Crippen molar-refractivity contribution < 1.29 is 14.3 Å². The second-order valence-corrected chi connectivity index (χ2v) is 5.18. The Hall–Kier alpha value is -3.02. The molecule has 0 unspecified atom stereocenters. The van der Waals surface area contributed by atoms with E-state index in [2.05, 4.69) is 16.0 Å². The van der Waals surface area contributed by atoms with Gasteiger partial charge in [0.1, 0.15) is 5.75 Å². The van der Waals surface area contributed by atoms with Crippen molar-refractivity contribution in [2.24, 2.45) is 0 Å². The van der Waals surface area contributed by atoms with Gasteiger partial charge in [-0.1, -0.05) is 12.1 Å². The van der Waals surface area contributed by atoms with Crippen LogP contribution in [0, 0.1) is 0 Å². The van der Waals surface area contributed by atoms with Crippen LogP contribution >= 0.6 is 0 Å². The van der Waals surface area contributed by atoms with E-state index in [9.17, 15) is 9.59 Å². The van der Waals surface area contributed by atoms with Gasteiger partial charge in [-0.2, -0.15) is 0 Å². The molecule has 0 aliphatic heterocycles. The third-order valence-corrected chi connectivity index (χ3v) is 3.26. The largest absolute Gasteiger partial charge is 0.495 e. The first-order valence-corrected chi connectivity index (χ1v) is 7.63. The van der Waals surface area contributed by atoms with E-state index in [-0.39, 0.29) is 11.8 Å². The van der Waals surface area contributed by atoms with E-state index in [4.69, 9.17) is 4.74 Å². The number of benzene rings is 2. The lowest BCUT2D eigenvalue weighted by molar-refractivity contribution is -0.116. The summed E-state index contributed by atoms with van der Waals surface area (Å²) >= 11 is 0. The maximum absolute atomic E-state index is 12.0. The van der Waals surface area contributed by atoms with Gasteiger partial charge in [-0.3, -0.25) is 9.59 Å². The van der Waals surface area contributed by atoms with Crippen molar-refractivity contribution in [3.8, 4) is 5.75 Å². The molecule has 0 bridgehead atoms. The van der Waals surface area contributed by atoms with Crippen LogP contribution in [-0.2, 0) is 9.59 Å². The second kappa shape index (κ2) is 8.57. The summed E-state index contributed by atoms with van der Waals surface area (Å²) in [5.41, 5.74) is 2.23. The Morgan fingerprint density at radius 1 is 0.958 bits per heavy atom. The van der Waals surface area contributed by atoms with Gasteiger partial charge in [0.25, 0.3) is 0 Å². The van der Waals surface area contributed by atoms with Gasteiger partial charge in [0.05, 0.1) is 12.8 Å². The Labute approximate surface area is 141 Å². The van der Waals surface area contributed by atoms with E-state index in [0.717, 1.165) is 11.4 Å². The molecule has 0 heterocycles. The molecule has 0 spiro atoms. The molecule has 2 aromatic rings. The normalized spacial score (nSPS) is 9.92. The number of methoxy groups -OCH3 is 1. The smallest absolute Gasteiger partial charge is 0.226 e. The van der Waals surface area contributed by atoms with E-state index in [1.807, 2.05) is 24.3 Å². The van der Waals surface area contributed by atoms with Crippen LogP contribution in [0.5, 0.6) is 5.75 Å². The molecule has 0 aromatic heterocycles. The van der Waals surface area contributed by atoms with Crippen LogP contribution in [0.2, 0.25) is 0 Å². The van der Waals surface area contributed by atoms with Crippen LogP contribution in [0.4, 0.5) is 17.1 Å². The minimum absolute atomic E-state index is 0.0929. The molecule has 0 saturated heterocycles. The second-order valence-electron chi connectivity index (χ2n) is 5.18. The zero-order valence-electron chi connectivity index (χ0n) is 13.8. The van der Waals surface area contributed by atoms with Gasteiger partial charge in [-0.25, -0.2) is 0 Å². The van der Waals surface area contributed by atoms with Crippen LogP contribution < -0.4 is 20.7 Å². The molecule has 0 radical (unpaired) electrons. The van der Waals surface area contributed by atoms with Crippen LogP contribution in [0.3, 0.4) is 0 Å². The standard InChI is InChI=1S/C18H21N3O3/c1-13(22)20-14-7-9-15(10-8-14)21-18(23)11-12-19-16-5-3-4-6-17(16)24-2/h3-10,19H,11-12H2,1-2H3,(H,20,22)(H,21,23). The molecule has 2 aromatic carbocycles. The molecule has 2 rings (SSSR count). The van der Waals surface area contributed by atoms with Crippen molar-refractivity contribution in [3.63, 3.8) is 0 Å². The number of hydrogen-bond acceptors (Lipinski definition) is 4. The van der Waals surface area contributed by atoms with Gasteiger partial charge in [0, 0.05) is 31.3 Å². The van der Waals surface area contributed by atoms with Gasteiger partial charge < -0.3 is 20.7 Å². The first kappa shape index (κ1) is 17.3. The summed E-state index contributed by atoms with van der Waals surface area (Å²) < 4.78 is 5.24. The Bertz CT molecular complexity index is 699. The fourth-order valence-corrected chi connectivity index (χ4v) is 2.17. The molecular weight excluding hydrogens is 306 g/mol. The minimum atomic E-state index is -0.130. The zero-order chi connectivity index (χ0) is 17.4. The first-order chi connectivity index (χ1) is 11.6. The molecule has 24 heavy (non-hydrogen) atoms. The van der Waals surface area contributed by atoms with Gasteiger partial charge in [0.15, 0.2) is 0 Å². The quantitative estimate of drug-likeness (QED) is 0.730. The molecule has 126 valence electrons. The summed E-state index contributed by atoms with van der Waals surface area (Å²) in [6.45, 7) is 1.95. The van der Waals surface area contributed by atoms with Crippen molar-refractivity contribution in [2.45, 2.75) is 13.3 Å². The summed E-state index contributed by atoms with van der Waals surface area (Å²) in [6.07, 6.45) is 0.325. The first-order valence-electron chi connectivity index (χ1n) is 7.63. The Kier molecular flexibility index (Phi) is 6.19. The van der Waals surface area contributed by atoms with E-state index >= 15 is 0 Å². The summed E-state index contributed by atoms with van der Waals surface area (Å²) in [6, 6.07) is 14.5. The number of para-hydroxylation sites is 2. The Balaban J connectivity index is 1.80. The van der Waals surface area contributed by atoms with Gasteiger partial charge in [0.2, 0.25) is 11.8 Å². The third-order valence-electron chi connectivity index (χ3n) is 3.26. The number of nitrogens with one attached hydrogen (secondary N) is 3. The average Bonchev–Trinajstić information content (AvgIpc) is 2.56. The van der Waals surface area contributed by atoms with E-state index in [1.54, 1.807) is 31.4 Å². The lowest BCUT2D eigenvalue weighted by Crippen LogP contribution is -2.16. The van der Waals surface area contributed by atoms with Crippen molar-refractivity contribution in [1.29, 1.82) is 0 Å². The van der Waals surface area contributed by atoms with E-state index in [1.165, 1.54) is 6.92 Å². The lowest BCUT2D eigenvalue weighted by atomic mass is 10.2. The summed E-state index contributed by atoms with van der Waals surface area (Å²) in [4.78, 5) is 22.9. The van der Waals surface area contributed by atoms with Gasteiger partial charge in [-0.15, -0.1) is 0 Å². The highest BCUT2D eigenvalue weighted by Crippen LogP contribution is 2.22. The molecule has 0 aliphatic carbocycles. The van der Waals surface area contributed by atoms with Gasteiger partial charge >= 0.3 is 0 Å². The minimum Gasteiger partial charge on any atom is -0.495 e. The van der Waals surface area contributed by atoms with E-state index < -0.39 is 0 Å². The number of rotatable bonds is 7. The van der Waals surface area contributed by atoms with Crippen molar-refractivity contribution in [3.05, 3.63) is 48.5 Å². The number of hydrogen-bond donors (Lipinski definition) is 3. The number of amides is 2. The molecular formula is C18H21N3O3. The zero-order valence-corrected chi connectivity index (χ0v) is 13.8. The average molecular weight is 327 g/mol. The summed E-state index contributed by atoms with van der Waals surface area (Å²) in [7, 11) is 1.61. The van der Waals surface area contributed by atoms with Crippen molar-refractivity contribution in [1.82, 2.24) is 0 Å². The van der Waals surface area contributed by atoms with Crippen LogP contribution in [-0.4, -0.2) is 25.5 Å². The summed E-state index contributed by atoms with van der Waals surface area (Å²) in [5.74, 6) is 0.519. The molecule has 0 atom stereocenters. The fraction of sp³-hybridized carbons (Fsp3) is 0.222. The number of anilines is 3. The maximum Gasteiger partial charge on any atom is 0.226 e. The maximum atomic E-state index is 12.0. The van der Waals surface area contributed by atoms with E-state index in [0.29, 0.717) is 24.3 Å². The molecule has 3 N–H and O–H groups in total. The van der Waals surface area contributed by atoms with Crippen LogP contribution in [0.1, 0.15) is 13.3 Å². The predicted molar refractivity (Wildman–Crippen MR) is 95.5 cm³/mol. The molecule has 2 amide bonds. The molecule has 6 heteroatoms. The topological polar surface area (TPSA) is 79.5 Å². The number of carbonyl (C=O) groups excluding carboxylic acids is 2. The van der Waals surface area contributed by atoms with Crippen molar-refractivity contribution in [2.75, 3.05) is 29.6 Å². The molecule has 6 nitrogen and oxygen atoms in total. The van der Waals surface area contributed by atoms with Gasteiger partial charge in [-0.05, 0) is 36.4 Å². The molecule has 0 aliphatic rings. The lowest BCUT2D eigenvalue weighted by Gasteiger charge is -2.11. The summed E-state index contributed by atoms with van der Waals surface area (Å²) in [5, 5.41) is 8.67. The van der Waals surface area contributed by atoms with Crippen LogP contribution in [0.25, 0.3) is 0 Å². The predicted octanol–water partition coefficient (Wildman–Crippen LogP) is 3.09. The van der Waals surface area contributed by atoms with Crippen molar-refractivity contribution >= 4 is 28.9 Å².